The number of anilines is 1. The Kier molecular flexibility index (Phi) is 5.42. The summed E-state index contributed by atoms with van der Waals surface area (Å²) in [7, 11) is 0. The number of aromatic hydroxyl groups is 1. The summed E-state index contributed by atoms with van der Waals surface area (Å²) in [6, 6.07) is 3.17. The summed E-state index contributed by atoms with van der Waals surface area (Å²) in [6.07, 6.45) is 6.29. The maximum absolute atomic E-state index is 11.7. The average Bonchev–Trinajstić information content (AvgIpc) is 2.40. The normalized spacial score (nSPS) is 11.2. The molecule has 4 N–H and O–H groups in total. The quantitative estimate of drug-likeness (QED) is 0.488. The molecule has 1 aromatic rings. The largest absolute Gasteiger partial charge is 0.507 e. The van der Waals surface area contributed by atoms with Crippen molar-refractivity contribution < 1.29 is 19.8 Å². The number of nitrogens with one attached hydrogen (secondary N) is 2. The topological polar surface area (TPSA) is 98.7 Å². The first kappa shape index (κ1) is 15.4. The third-order valence-electron chi connectivity index (χ3n) is 2.68. The first-order valence-corrected chi connectivity index (χ1v) is 6.05. The van der Waals surface area contributed by atoms with Gasteiger partial charge in [0.05, 0.1) is 0 Å². The number of rotatable bonds is 5. The molecule has 0 aliphatic carbocycles. The van der Waals surface area contributed by atoms with E-state index in [1.165, 1.54) is 18.2 Å². The van der Waals surface area contributed by atoms with Crippen LogP contribution >= 0.6 is 0 Å². The van der Waals surface area contributed by atoms with E-state index in [1.54, 1.807) is 0 Å². The maximum Gasteiger partial charge on any atom is 0.339 e. The highest BCUT2D eigenvalue weighted by atomic mass is 16.4. The van der Waals surface area contributed by atoms with E-state index in [9.17, 15) is 14.7 Å². The van der Waals surface area contributed by atoms with Crippen molar-refractivity contribution in [1.29, 1.82) is 0 Å². The third kappa shape index (κ3) is 4.21. The molecule has 0 spiro atoms. The molecule has 6 nitrogen and oxygen atoms in total. The van der Waals surface area contributed by atoms with Crippen molar-refractivity contribution in [3.05, 3.63) is 23.8 Å². The number of hydrogen-bond donors (Lipinski definition) is 4. The predicted molar refractivity (Wildman–Crippen MR) is 74.7 cm³/mol. The molecule has 1 rings (SSSR count). The van der Waals surface area contributed by atoms with E-state index in [-0.39, 0.29) is 23.0 Å². The predicted octanol–water partition coefficient (Wildman–Crippen LogP) is 2.01. The first-order chi connectivity index (χ1) is 9.47. The highest BCUT2D eigenvalue weighted by Gasteiger charge is 2.13. The fraction of sp³-hybridized carbons (Fsp3) is 0.286. The van der Waals surface area contributed by atoms with Gasteiger partial charge >= 0.3 is 12.0 Å². The molecule has 20 heavy (non-hydrogen) atoms. The Morgan fingerprint density at radius 2 is 2.15 bits per heavy atom. The van der Waals surface area contributed by atoms with Gasteiger partial charge in [-0.3, -0.25) is 0 Å². The highest BCUT2D eigenvalue weighted by Crippen LogP contribution is 2.21. The average molecular weight is 276 g/mol. The van der Waals surface area contributed by atoms with Crippen molar-refractivity contribution in [2.24, 2.45) is 0 Å². The molecular formula is C14H16N2O4. The lowest BCUT2D eigenvalue weighted by molar-refractivity contribution is 0.0693. The van der Waals surface area contributed by atoms with Crippen LogP contribution in [0, 0.1) is 12.3 Å². The molecule has 106 valence electrons. The molecule has 0 fully saturated rings. The monoisotopic (exact) mass is 276 g/mol. The zero-order valence-electron chi connectivity index (χ0n) is 11.0. The molecule has 6 heteroatoms. The van der Waals surface area contributed by atoms with Crippen molar-refractivity contribution in [3.8, 4) is 18.1 Å². The number of hydrogen-bond acceptors (Lipinski definition) is 3. The number of carboxylic acid groups (broad SMARTS) is 1. The van der Waals surface area contributed by atoms with E-state index in [4.69, 9.17) is 11.5 Å². The second kappa shape index (κ2) is 7.04. The molecule has 2 amide bonds. The van der Waals surface area contributed by atoms with Crippen LogP contribution in [0.1, 0.15) is 30.1 Å². The number of carbonyl (C=O) groups is 2. The number of carboxylic acids is 1. The van der Waals surface area contributed by atoms with Crippen LogP contribution in [0.5, 0.6) is 5.75 Å². The van der Waals surface area contributed by atoms with Crippen LogP contribution in [0.15, 0.2) is 18.2 Å². The van der Waals surface area contributed by atoms with Crippen LogP contribution in [0.2, 0.25) is 0 Å². The minimum absolute atomic E-state index is 0.143. The summed E-state index contributed by atoms with van der Waals surface area (Å²) in [5.41, 5.74) is -0.00766. The number of phenols is 1. The Bertz CT molecular complexity index is 549. The Labute approximate surface area is 116 Å². The zero-order valence-corrected chi connectivity index (χ0v) is 11.0. The highest BCUT2D eigenvalue weighted by molar-refractivity contribution is 5.95. The molecule has 1 aromatic carbocycles. The lowest BCUT2D eigenvalue weighted by Crippen LogP contribution is -2.37. The van der Waals surface area contributed by atoms with Gasteiger partial charge < -0.3 is 20.8 Å². The van der Waals surface area contributed by atoms with E-state index >= 15 is 0 Å². The molecular weight excluding hydrogens is 260 g/mol. The molecule has 0 saturated carbocycles. The van der Waals surface area contributed by atoms with Crippen molar-refractivity contribution in [3.63, 3.8) is 0 Å². The molecule has 1 unspecified atom stereocenters. The fourth-order valence-electron chi connectivity index (χ4n) is 1.58. The van der Waals surface area contributed by atoms with Gasteiger partial charge in [0, 0.05) is 18.2 Å². The van der Waals surface area contributed by atoms with E-state index in [0.717, 1.165) is 0 Å². The van der Waals surface area contributed by atoms with E-state index in [0.29, 0.717) is 12.8 Å². The number of terminal acetylenes is 1. The molecule has 0 aliphatic heterocycles. The lowest BCUT2D eigenvalue weighted by atomic mass is 10.1. The number of benzene rings is 1. The Balaban J connectivity index is 2.74. The number of carbonyl (C=O) groups excluding carboxylic acids is 1. The van der Waals surface area contributed by atoms with E-state index in [1.807, 2.05) is 6.92 Å². The van der Waals surface area contributed by atoms with Crippen LogP contribution in [-0.4, -0.2) is 28.3 Å². The maximum atomic E-state index is 11.7. The van der Waals surface area contributed by atoms with E-state index < -0.39 is 12.0 Å². The standard InChI is InChI=1S/C14H16N2O4/c1-3-5-9(4-2)15-14(20)16-10-6-7-12(17)11(8-10)13(18)19/h1,6-9,17H,4-5H2,2H3,(H,18,19)(H2,15,16,20). The summed E-state index contributed by atoms with van der Waals surface area (Å²) in [4.78, 5) is 22.6. The molecule has 1 atom stereocenters. The van der Waals surface area contributed by atoms with Crippen LogP contribution in [0.3, 0.4) is 0 Å². The van der Waals surface area contributed by atoms with Gasteiger partial charge in [0.15, 0.2) is 0 Å². The second-order valence-corrected chi connectivity index (χ2v) is 4.15. The Hall–Kier alpha value is -2.68. The fourth-order valence-corrected chi connectivity index (χ4v) is 1.58. The van der Waals surface area contributed by atoms with Crippen molar-refractivity contribution in [2.45, 2.75) is 25.8 Å². The third-order valence-corrected chi connectivity index (χ3v) is 2.68. The second-order valence-electron chi connectivity index (χ2n) is 4.15. The van der Waals surface area contributed by atoms with Crippen molar-refractivity contribution >= 4 is 17.7 Å². The van der Waals surface area contributed by atoms with E-state index in [2.05, 4.69) is 16.6 Å². The van der Waals surface area contributed by atoms with Gasteiger partial charge in [0.25, 0.3) is 0 Å². The SMILES string of the molecule is C#CCC(CC)NC(=O)Nc1ccc(O)c(C(=O)O)c1. The van der Waals surface area contributed by atoms with Crippen LogP contribution in [-0.2, 0) is 0 Å². The molecule has 0 bridgehead atoms. The molecule has 0 heterocycles. The van der Waals surface area contributed by atoms with Crippen molar-refractivity contribution in [2.75, 3.05) is 5.32 Å². The van der Waals surface area contributed by atoms with Crippen molar-refractivity contribution in [1.82, 2.24) is 5.32 Å². The van der Waals surface area contributed by atoms with Gasteiger partial charge in [-0.05, 0) is 24.6 Å². The lowest BCUT2D eigenvalue weighted by Gasteiger charge is -2.15. The van der Waals surface area contributed by atoms with Gasteiger partial charge in [-0.2, -0.15) is 0 Å². The van der Waals surface area contributed by atoms with Crippen LogP contribution in [0.25, 0.3) is 0 Å². The number of urea groups is 1. The van der Waals surface area contributed by atoms with Gasteiger partial charge in [-0.15, -0.1) is 12.3 Å². The van der Waals surface area contributed by atoms with Crippen LogP contribution in [0.4, 0.5) is 10.5 Å². The summed E-state index contributed by atoms with van der Waals surface area (Å²) < 4.78 is 0. The van der Waals surface area contributed by atoms with Crippen LogP contribution < -0.4 is 10.6 Å². The van der Waals surface area contributed by atoms with Gasteiger partial charge in [-0.25, -0.2) is 9.59 Å². The molecule has 0 radical (unpaired) electrons. The summed E-state index contributed by atoms with van der Waals surface area (Å²) in [6.45, 7) is 1.89. The number of amides is 2. The van der Waals surface area contributed by atoms with Gasteiger partial charge in [-0.1, -0.05) is 6.92 Å². The zero-order chi connectivity index (χ0) is 15.1. The Morgan fingerprint density at radius 1 is 1.45 bits per heavy atom. The molecule has 0 saturated heterocycles. The smallest absolute Gasteiger partial charge is 0.339 e. The minimum atomic E-state index is -1.27. The van der Waals surface area contributed by atoms with Gasteiger partial charge in [0.2, 0.25) is 0 Å². The van der Waals surface area contributed by atoms with Gasteiger partial charge in [0.1, 0.15) is 11.3 Å². The molecule has 0 aromatic heterocycles. The Morgan fingerprint density at radius 3 is 2.70 bits per heavy atom. The number of aromatic carboxylic acids is 1. The molecule has 0 aliphatic rings. The summed E-state index contributed by atoms with van der Waals surface area (Å²) in [5, 5.41) is 23.4. The summed E-state index contributed by atoms with van der Waals surface area (Å²) in [5.74, 6) is 0.834. The minimum Gasteiger partial charge on any atom is -0.507 e. The first-order valence-electron chi connectivity index (χ1n) is 6.05. The summed E-state index contributed by atoms with van der Waals surface area (Å²) >= 11 is 0.